The molecule has 1 saturated heterocycles. The van der Waals surface area contributed by atoms with Crippen LogP contribution in [0.3, 0.4) is 0 Å². The van der Waals surface area contributed by atoms with Crippen molar-refractivity contribution < 1.29 is 8.42 Å². The fourth-order valence-corrected chi connectivity index (χ4v) is 4.95. The van der Waals surface area contributed by atoms with Gasteiger partial charge in [0, 0.05) is 24.0 Å². The molecule has 0 radical (unpaired) electrons. The normalized spacial score (nSPS) is 18.3. The summed E-state index contributed by atoms with van der Waals surface area (Å²) in [6, 6.07) is 7.37. The Morgan fingerprint density at radius 2 is 2.10 bits per heavy atom. The van der Waals surface area contributed by atoms with Crippen LogP contribution in [0, 0.1) is 0 Å². The number of aromatic nitrogens is 5. The second-order valence-electron chi connectivity index (χ2n) is 7.06. The predicted octanol–water partition coefficient (Wildman–Crippen LogP) is 1.75. The molecule has 3 aromatic rings. The minimum Gasteiger partial charge on any atom is -0.308 e. The number of benzene rings is 1. The maximum Gasteiger partial charge on any atom is 0.281 e. The van der Waals surface area contributed by atoms with E-state index < -0.39 is 10.0 Å². The van der Waals surface area contributed by atoms with Crippen molar-refractivity contribution >= 4 is 32.8 Å². The third kappa shape index (κ3) is 3.92. The van der Waals surface area contributed by atoms with Crippen LogP contribution in [0.1, 0.15) is 37.1 Å². The lowest BCUT2D eigenvalue weighted by Gasteiger charge is -2.31. The first-order valence-corrected chi connectivity index (χ1v) is 11.4. The van der Waals surface area contributed by atoms with E-state index in [2.05, 4.69) is 20.3 Å². The number of rotatable bonds is 5. The summed E-state index contributed by atoms with van der Waals surface area (Å²) >= 11 is 6.24. The van der Waals surface area contributed by atoms with Crippen molar-refractivity contribution in [1.82, 2.24) is 29.3 Å². The van der Waals surface area contributed by atoms with Gasteiger partial charge in [-0.25, -0.2) is 22.4 Å². The molecule has 9 nitrogen and oxygen atoms in total. The highest BCUT2D eigenvalue weighted by Gasteiger charge is 2.30. The summed E-state index contributed by atoms with van der Waals surface area (Å²) in [5.41, 5.74) is 0.960. The fraction of sp³-hybridized carbons (Fsp3) is 0.444. The van der Waals surface area contributed by atoms with E-state index in [1.807, 2.05) is 18.2 Å². The van der Waals surface area contributed by atoms with Crippen LogP contribution in [0.25, 0.3) is 11.2 Å². The van der Waals surface area contributed by atoms with E-state index in [0.717, 1.165) is 12.0 Å². The topological polar surface area (TPSA) is 114 Å². The number of sulfonamides is 1. The van der Waals surface area contributed by atoms with Gasteiger partial charge in [-0.2, -0.15) is 0 Å². The Labute approximate surface area is 172 Å². The van der Waals surface area contributed by atoms with Crippen LogP contribution >= 0.6 is 11.6 Å². The third-order valence-electron chi connectivity index (χ3n) is 5.20. The van der Waals surface area contributed by atoms with Crippen LogP contribution in [0.5, 0.6) is 0 Å². The number of hydrogen-bond acceptors (Lipinski definition) is 6. The minimum absolute atomic E-state index is 0.0528. The van der Waals surface area contributed by atoms with Gasteiger partial charge < -0.3 is 4.98 Å². The number of nitrogens with zero attached hydrogens (tertiary/aromatic N) is 5. The van der Waals surface area contributed by atoms with Gasteiger partial charge in [0.1, 0.15) is 5.82 Å². The van der Waals surface area contributed by atoms with Crippen LogP contribution in [0.2, 0.25) is 5.02 Å². The molecule has 2 aromatic heterocycles. The average molecular weight is 437 g/mol. The SMILES string of the molecule is CCS(=O)(=O)N1CCC[C@@H](c2nc3c(nnn3Cc3ccccc3Cl)c(=O)[nH]2)C1. The van der Waals surface area contributed by atoms with Crippen LogP contribution in [-0.2, 0) is 16.6 Å². The number of halogens is 1. The smallest absolute Gasteiger partial charge is 0.281 e. The molecule has 11 heteroatoms. The molecule has 154 valence electrons. The Morgan fingerprint density at radius 1 is 1.31 bits per heavy atom. The molecule has 1 N–H and O–H groups in total. The highest BCUT2D eigenvalue weighted by Crippen LogP contribution is 2.26. The molecular weight excluding hydrogens is 416 g/mol. The Kier molecular flexibility index (Phi) is 5.41. The van der Waals surface area contributed by atoms with E-state index in [4.69, 9.17) is 11.6 Å². The quantitative estimate of drug-likeness (QED) is 0.651. The molecule has 0 amide bonds. The zero-order valence-electron chi connectivity index (χ0n) is 15.9. The lowest BCUT2D eigenvalue weighted by molar-refractivity contribution is 0.309. The molecule has 0 spiro atoms. The van der Waals surface area contributed by atoms with Crippen molar-refractivity contribution in [2.75, 3.05) is 18.8 Å². The average Bonchev–Trinajstić information content (AvgIpc) is 3.13. The highest BCUT2D eigenvalue weighted by molar-refractivity contribution is 7.89. The van der Waals surface area contributed by atoms with Crippen molar-refractivity contribution in [3.63, 3.8) is 0 Å². The zero-order chi connectivity index (χ0) is 20.6. The minimum atomic E-state index is -3.29. The van der Waals surface area contributed by atoms with E-state index in [0.29, 0.717) is 42.5 Å². The number of nitrogens with one attached hydrogen (secondary N) is 1. The van der Waals surface area contributed by atoms with Gasteiger partial charge in [0.05, 0.1) is 12.3 Å². The zero-order valence-corrected chi connectivity index (χ0v) is 17.4. The van der Waals surface area contributed by atoms with E-state index >= 15 is 0 Å². The first kappa shape index (κ1) is 20.0. The first-order valence-electron chi connectivity index (χ1n) is 9.43. The van der Waals surface area contributed by atoms with Gasteiger partial charge in [0.25, 0.3) is 5.56 Å². The van der Waals surface area contributed by atoms with E-state index in [1.54, 1.807) is 17.7 Å². The molecule has 0 saturated carbocycles. The molecule has 1 aliphatic heterocycles. The number of aromatic amines is 1. The van der Waals surface area contributed by atoms with Gasteiger partial charge in [0.2, 0.25) is 10.0 Å². The molecule has 0 bridgehead atoms. The predicted molar refractivity (Wildman–Crippen MR) is 110 cm³/mol. The summed E-state index contributed by atoms with van der Waals surface area (Å²) in [4.78, 5) is 19.9. The summed E-state index contributed by atoms with van der Waals surface area (Å²) in [5, 5.41) is 8.61. The molecular formula is C18H21ClN6O3S. The molecule has 1 aliphatic rings. The lowest BCUT2D eigenvalue weighted by Crippen LogP contribution is -2.40. The van der Waals surface area contributed by atoms with Crippen molar-refractivity contribution in [2.45, 2.75) is 32.2 Å². The van der Waals surface area contributed by atoms with Gasteiger partial charge in [-0.3, -0.25) is 4.79 Å². The van der Waals surface area contributed by atoms with Gasteiger partial charge in [-0.15, -0.1) is 5.10 Å². The van der Waals surface area contributed by atoms with Crippen molar-refractivity contribution in [2.24, 2.45) is 0 Å². The van der Waals surface area contributed by atoms with Crippen LogP contribution in [-0.4, -0.2) is 56.5 Å². The summed E-state index contributed by atoms with van der Waals surface area (Å²) < 4.78 is 27.5. The Bertz CT molecular complexity index is 1210. The summed E-state index contributed by atoms with van der Waals surface area (Å²) in [7, 11) is -3.29. The highest BCUT2D eigenvalue weighted by atomic mass is 35.5. The molecule has 1 aromatic carbocycles. The molecule has 29 heavy (non-hydrogen) atoms. The summed E-state index contributed by atoms with van der Waals surface area (Å²) in [6.45, 7) is 2.75. The maximum atomic E-state index is 12.5. The maximum absolute atomic E-state index is 12.5. The van der Waals surface area contributed by atoms with E-state index in [1.165, 1.54) is 4.31 Å². The van der Waals surface area contributed by atoms with Gasteiger partial charge in [-0.05, 0) is 31.4 Å². The Hall–Kier alpha value is -2.30. The molecule has 0 unspecified atom stereocenters. The largest absolute Gasteiger partial charge is 0.308 e. The van der Waals surface area contributed by atoms with Crippen molar-refractivity contribution in [3.8, 4) is 0 Å². The van der Waals surface area contributed by atoms with Crippen LogP contribution in [0.4, 0.5) is 0 Å². The lowest BCUT2D eigenvalue weighted by atomic mass is 9.99. The fourth-order valence-electron chi connectivity index (χ4n) is 3.57. The molecule has 0 aliphatic carbocycles. The summed E-state index contributed by atoms with van der Waals surface area (Å²) in [5.74, 6) is 0.323. The van der Waals surface area contributed by atoms with E-state index in [-0.39, 0.29) is 22.7 Å². The standard InChI is InChI=1S/C18H21ClN6O3S/c1-2-29(27,28)24-9-5-7-13(10-24)16-20-17-15(18(26)21-16)22-23-25(17)11-12-6-3-4-8-14(12)19/h3-4,6,8,13H,2,5,7,9-11H2,1H3,(H,20,21,26)/t13-/m1/s1. The molecule has 4 rings (SSSR count). The van der Waals surface area contributed by atoms with Gasteiger partial charge in [0.15, 0.2) is 11.2 Å². The number of hydrogen-bond donors (Lipinski definition) is 1. The molecule has 3 heterocycles. The number of fused-ring (bicyclic) bond motifs is 1. The van der Waals surface area contributed by atoms with Gasteiger partial charge >= 0.3 is 0 Å². The molecule has 1 atom stereocenters. The Balaban J connectivity index is 1.70. The van der Waals surface area contributed by atoms with Crippen LogP contribution in [0.15, 0.2) is 29.1 Å². The summed E-state index contributed by atoms with van der Waals surface area (Å²) in [6.07, 6.45) is 1.46. The van der Waals surface area contributed by atoms with Crippen LogP contribution < -0.4 is 5.56 Å². The van der Waals surface area contributed by atoms with Crippen molar-refractivity contribution in [3.05, 3.63) is 51.0 Å². The molecule has 1 fully saturated rings. The first-order chi connectivity index (χ1) is 13.9. The Morgan fingerprint density at radius 3 is 2.86 bits per heavy atom. The second-order valence-corrected chi connectivity index (χ2v) is 9.72. The third-order valence-corrected chi connectivity index (χ3v) is 7.42. The second kappa shape index (κ2) is 7.85. The number of piperidine rings is 1. The number of H-pyrrole nitrogens is 1. The monoisotopic (exact) mass is 436 g/mol. The van der Waals surface area contributed by atoms with Gasteiger partial charge in [-0.1, -0.05) is 35.0 Å². The van der Waals surface area contributed by atoms with Crippen molar-refractivity contribution in [1.29, 1.82) is 0 Å². The van der Waals surface area contributed by atoms with E-state index in [9.17, 15) is 13.2 Å².